The molecule has 0 radical (unpaired) electrons. The number of allylic oxidation sites excluding steroid dienone is 1. The van der Waals surface area contributed by atoms with Crippen LogP contribution in [0.2, 0.25) is 0 Å². The lowest BCUT2D eigenvalue weighted by molar-refractivity contribution is -0.235. The number of amides is 1. The second-order valence-corrected chi connectivity index (χ2v) is 21.2. The van der Waals surface area contributed by atoms with Gasteiger partial charge in [0.05, 0.1) is 17.9 Å². The summed E-state index contributed by atoms with van der Waals surface area (Å²) in [5, 5.41) is 25.2. The molecular weight excluding hydrogens is 719 g/mol. The second kappa shape index (κ2) is 15.5. The van der Waals surface area contributed by atoms with E-state index in [1.165, 1.54) is 12.5 Å². The molecule has 3 N–H and O–H groups in total. The maximum atomic E-state index is 14.3. The van der Waals surface area contributed by atoms with E-state index in [1.54, 1.807) is 20.0 Å². The van der Waals surface area contributed by atoms with Gasteiger partial charge in [-0.15, -0.1) is 0 Å². The molecule has 316 valence electrons. The highest BCUT2D eigenvalue weighted by atomic mass is 16.5. The Morgan fingerprint density at radius 1 is 1.00 bits per heavy atom. The first-order valence-corrected chi connectivity index (χ1v) is 21.8. The summed E-state index contributed by atoms with van der Waals surface area (Å²) in [4.78, 5) is 57.5. The lowest BCUT2D eigenvalue weighted by atomic mass is 9.33. The largest absolute Gasteiger partial charge is 0.481 e. The standard InChI is InChI=1S/C47H71N3O7/c1-29(2)39-33(52)24-47(36(53)28-50(23-22-49-30(3)51)27-31-12-11-21-48-26-31)20-19-45(9)32(40(39)47)13-14-35-44(8)17-16-37(57-38(54)25-42(4,5)41(55)56)43(6,7)34(44)15-18-46(35,45)10/h11-12,21,26,29,32,34-37,53H,13-20,22-25,27-28H2,1-10H3,(H,49,51)(H,55,56)/t32?,34-,35+,36-,37-,44-,45+,46?,47-/m0/s1. The maximum Gasteiger partial charge on any atom is 0.309 e. The number of aliphatic hydroxyl groups excluding tert-OH is 1. The Balaban J connectivity index is 1.28. The van der Waals surface area contributed by atoms with Gasteiger partial charge in [0.2, 0.25) is 5.91 Å². The van der Waals surface area contributed by atoms with E-state index in [0.717, 1.165) is 62.5 Å². The van der Waals surface area contributed by atoms with Crippen molar-refractivity contribution in [3.05, 3.63) is 41.2 Å². The molecule has 0 aliphatic heterocycles. The molecule has 0 bridgehead atoms. The number of aliphatic carboxylic acids is 1. The number of esters is 1. The number of nitrogens with one attached hydrogen (secondary N) is 1. The van der Waals surface area contributed by atoms with Gasteiger partial charge in [-0.05, 0) is 122 Å². The third-order valence-corrected chi connectivity index (χ3v) is 16.9. The summed E-state index contributed by atoms with van der Waals surface area (Å²) >= 11 is 0. The predicted molar refractivity (Wildman–Crippen MR) is 220 cm³/mol. The molecule has 1 amide bonds. The summed E-state index contributed by atoms with van der Waals surface area (Å²) in [6.07, 6.45) is 10.3. The number of ether oxygens (including phenoxy) is 1. The number of pyridine rings is 1. The van der Waals surface area contributed by atoms with E-state index >= 15 is 0 Å². The Hall–Kier alpha value is -3.11. The number of Topliss-reactive ketones (excluding diaryl/α,β-unsaturated/α-hetero) is 1. The van der Waals surface area contributed by atoms with Crippen LogP contribution in [-0.2, 0) is 30.5 Å². The molecule has 57 heavy (non-hydrogen) atoms. The van der Waals surface area contributed by atoms with Crippen molar-refractivity contribution in [3.63, 3.8) is 0 Å². The minimum absolute atomic E-state index is 0.00875. The molecule has 4 fully saturated rings. The van der Waals surface area contributed by atoms with Gasteiger partial charge in [-0.3, -0.25) is 29.1 Å². The van der Waals surface area contributed by atoms with E-state index in [4.69, 9.17) is 4.74 Å². The Bertz CT molecular complexity index is 1760. The van der Waals surface area contributed by atoms with Gasteiger partial charge in [-0.25, -0.2) is 0 Å². The number of ketones is 1. The lowest BCUT2D eigenvalue weighted by Gasteiger charge is -2.72. The van der Waals surface area contributed by atoms with Crippen molar-refractivity contribution in [1.29, 1.82) is 0 Å². The van der Waals surface area contributed by atoms with Gasteiger partial charge in [0, 0.05) is 62.7 Å². The average Bonchev–Trinajstić information content (AvgIpc) is 3.43. The summed E-state index contributed by atoms with van der Waals surface area (Å²) in [5.74, 6) is -0.265. The zero-order chi connectivity index (χ0) is 41.9. The fourth-order valence-corrected chi connectivity index (χ4v) is 13.7. The number of hydrogen-bond acceptors (Lipinski definition) is 8. The van der Waals surface area contributed by atoms with Crippen LogP contribution in [0.15, 0.2) is 35.7 Å². The molecule has 9 atom stereocenters. The van der Waals surface area contributed by atoms with Crippen molar-refractivity contribution in [3.8, 4) is 0 Å². The smallest absolute Gasteiger partial charge is 0.309 e. The van der Waals surface area contributed by atoms with Gasteiger partial charge < -0.3 is 20.3 Å². The second-order valence-electron chi connectivity index (χ2n) is 21.2. The fraction of sp³-hybridized carbons (Fsp3) is 0.766. The van der Waals surface area contributed by atoms with Gasteiger partial charge >= 0.3 is 11.9 Å². The predicted octanol–water partition coefficient (Wildman–Crippen LogP) is 7.77. The van der Waals surface area contributed by atoms with E-state index in [1.807, 2.05) is 18.3 Å². The molecule has 5 aliphatic carbocycles. The van der Waals surface area contributed by atoms with E-state index in [2.05, 4.69) is 63.7 Å². The number of aromatic nitrogens is 1. The van der Waals surface area contributed by atoms with Crippen LogP contribution in [0.3, 0.4) is 0 Å². The first-order chi connectivity index (χ1) is 26.5. The van der Waals surface area contributed by atoms with Gasteiger partial charge in [0.25, 0.3) is 0 Å². The van der Waals surface area contributed by atoms with Crippen LogP contribution in [0.1, 0.15) is 139 Å². The number of nitrogens with zero attached hydrogens (tertiary/aromatic N) is 2. The SMILES string of the molecule is CC(=O)NCCN(Cc1cccnc1)C[C@H](O)[C@@]12CC[C@]3(C)C(CC[C@H]4C3(C)CC[C@H]3C(C)(C)[C@@H](OC(=O)CC(C)(C)C(=O)O)CC[C@@]34C)C1=C(C(C)C)C(=O)C2. The molecule has 2 unspecified atom stereocenters. The monoisotopic (exact) mass is 790 g/mol. The van der Waals surface area contributed by atoms with Crippen LogP contribution < -0.4 is 5.32 Å². The molecule has 0 saturated heterocycles. The number of carbonyl (C=O) groups is 4. The minimum Gasteiger partial charge on any atom is -0.481 e. The number of hydrogen-bond donors (Lipinski definition) is 3. The minimum atomic E-state index is -1.18. The van der Waals surface area contributed by atoms with Crippen molar-refractivity contribution in [2.45, 2.75) is 152 Å². The van der Waals surface area contributed by atoms with Gasteiger partial charge in [-0.2, -0.15) is 0 Å². The summed E-state index contributed by atoms with van der Waals surface area (Å²) in [5.41, 5.74) is 1.15. The van der Waals surface area contributed by atoms with Gasteiger partial charge in [0.15, 0.2) is 5.78 Å². The van der Waals surface area contributed by atoms with Crippen LogP contribution in [0.4, 0.5) is 0 Å². The molecular formula is C47H71N3O7. The first-order valence-electron chi connectivity index (χ1n) is 21.8. The first kappa shape index (κ1) is 43.5. The van der Waals surface area contributed by atoms with E-state index < -0.39 is 28.9 Å². The molecule has 1 aromatic heterocycles. The van der Waals surface area contributed by atoms with Gasteiger partial charge in [0.1, 0.15) is 6.10 Å². The molecule has 10 heteroatoms. The van der Waals surface area contributed by atoms with Crippen molar-refractivity contribution in [2.24, 2.45) is 56.2 Å². The number of carbonyl (C=O) groups excluding carboxylic acids is 3. The number of aliphatic hydroxyl groups is 1. The van der Waals surface area contributed by atoms with E-state index in [9.17, 15) is 29.4 Å². The Morgan fingerprint density at radius 2 is 1.72 bits per heavy atom. The number of fused-ring (bicyclic) bond motifs is 7. The highest BCUT2D eigenvalue weighted by Gasteiger charge is 2.71. The van der Waals surface area contributed by atoms with Gasteiger partial charge in [-0.1, -0.05) is 60.1 Å². The van der Waals surface area contributed by atoms with E-state index in [-0.39, 0.29) is 57.7 Å². The zero-order valence-electron chi connectivity index (χ0n) is 36.5. The fourth-order valence-electron chi connectivity index (χ4n) is 13.7. The lowest BCUT2D eigenvalue weighted by Crippen LogP contribution is -2.66. The number of carboxylic acids is 1. The molecule has 5 aliphatic rings. The molecule has 4 saturated carbocycles. The maximum absolute atomic E-state index is 14.3. The quantitative estimate of drug-likeness (QED) is 0.171. The molecule has 1 aromatic rings. The van der Waals surface area contributed by atoms with Crippen molar-refractivity contribution in [1.82, 2.24) is 15.2 Å². The third-order valence-electron chi connectivity index (χ3n) is 16.9. The van der Waals surface area contributed by atoms with E-state index in [0.29, 0.717) is 44.4 Å². The Morgan fingerprint density at radius 3 is 2.35 bits per heavy atom. The summed E-state index contributed by atoms with van der Waals surface area (Å²) in [6.45, 7) is 23.1. The van der Waals surface area contributed by atoms with Crippen molar-refractivity contribution >= 4 is 23.6 Å². The molecule has 10 nitrogen and oxygen atoms in total. The molecule has 0 spiro atoms. The average molecular weight is 790 g/mol. The van der Waals surface area contributed by atoms with Crippen LogP contribution in [-0.4, -0.2) is 75.6 Å². The third kappa shape index (κ3) is 7.42. The molecule has 0 aromatic carbocycles. The molecule has 1 heterocycles. The Labute approximate surface area is 341 Å². The highest BCUT2D eigenvalue weighted by molar-refractivity contribution is 6.00. The van der Waals surface area contributed by atoms with Crippen LogP contribution in [0.25, 0.3) is 0 Å². The van der Waals surface area contributed by atoms with Crippen molar-refractivity contribution < 1.29 is 34.1 Å². The summed E-state index contributed by atoms with van der Waals surface area (Å²) in [7, 11) is 0. The number of carboxylic acid groups (broad SMARTS) is 1. The Kier molecular flexibility index (Phi) is 11.8. The van der Waals surface area contributed by atoms with Crippen LogP contribution in [0, 0.1) is 56.2 Å². The topological polar surface area (TPSA) is 146 Å². The van der Waals surface area contributed by atoms with Crippen molar-refractivity contribution in [2.75, 3.05) is 19.6 Å². The zero-order valence-corrected chi connectivity index (χ0v) is 36.5. The summed E-state index contributed by atoms with van der Waals surface area (Å²) in [6, 6.07) is 3.95. The van der Waals surface area contributed by atoms with Crippen LogP contribution in [0.5, 0.6) is 0 Å². The number of rotatable bonds is 13. The van der Waals surface area contributed by atoms with Crippen LogP contribution >= 0.6 is 0 Å². The highest BCUT2D eigenvalue weighted by Crippen LogP contribution is 2.77. The normalized spacial score (nSPS) is 35.2. The molecule has 6 rings (SSSR count). The summed E-state index contributed by atoms with van der Waals surface area (Å²) < 4.78 is 6.18.